The molecule has 132 valence electrons. The Morgan fingerprint density at radius 1 is 1.25 bits per heavy atom. The Labute approximate surface area is 141 Å². The third kappa shape index (κ3) is 6.35. The quantitative estimate of drug-likeness (QED) is 0.467. The number of hydrogen-bond acceptors (Lipinski definition) is 5. The summed E-state index contributed by atoms with van der Waals surface area (Å²) in [7, 11) is 1.52. The van der Waals surface area contributed by atoms with Gasteiger partial charge in [-0.1, -0.05) is 30.3 Å². The Morgan fingerprint density at radius 3 is 2.46 bits per heavy atom. The van der Waals surface area contributed by atoms with Gasteiger partial charge in [0.25, 0.3) is 0 Å². The summed E-state index contributed by atoms with van der Waals surface area (Å²) in [6, 6.07) is 6.70. The summed E-state index contributed by atoms with van der Waals surface area (Å²) in [6.45, 7) is 1.73. The summed E-state index contributed by atoms with van der Waals surface area (Å²) in [5, 5.41) is 13.9. The SMILES string of the molecule is [2H]N[C@@H](CC(=O)O)C(=O)N[C@@H](C)C(=O)N[C@@H](COC)c1ccccc1. The number of carbonyl (C=O) groups excluding carboxylic acids is 2. The van der Waals surface area contributed by atoms with Crippen molar-refractivity contribution in [2.45, 2.75) is 31.5 Å². The molecule has 8 nitrogen and oxygen atoms in total. The average Bonchev–Trinajstić information content (AvgIpc) is 2.59. The lowest BCUT2D eigenvalue weighted by atomic mass is 10.1. The minimum Gasteiger partial charge on any atom is -0.481 e. The normalized spacial score (nSPS) is 14.8. The number of benzene rings is 1. The topological polar surface area (TPSA) is 131 Å². The number of nitrogens with one attached hydrogen (secondary N) is 2. The van der Waals surface area contributed by atoms with Gasteiger partial charge in [-0.15, -0.1) is 0 Å². The number of aliphatic carboxylic acids is 1. The summed E-state index contributed by atoms with van der Waals surface area (Å²) in [4.78, 5) is 34.9. The van der Waals surface area contributed by atoms with Crippen molar-refractivity contribution in [3.8, 4) is 0 Å². The Bertz CT molecular complexity index is 584. The molecule has 1 aromatic rings. The molecule has 24 heavy (non-hydrogen) atoms. The van der Waals surface area contributed by atoms with E-state index in [0.29, 0.717) is 0 Å². The lowest BCUT2D eigenvalue weighted by molar-refractivity contribution is -0.139. The summed E-state index contributed by atoms with van der Waals surface area (Å²) in [5.41, 5.74) is 2.72. The van der Waals surface area contributed by atoms with Crippen molar-refractivity contribution in [1.82, 2.24) is 10.6 Å². The first-order chi connectivity index (χ1) is 11.9. The van der Waals surface area contributed by atoms with E-state index in [1.165, 1.54) is 14.0 Å². The smallest absolute Gasteiger partial charge is 0.305 e. The van der Waals surface area contributed by atoms with Crippen molar-refractivity contribution in [3.63, 3.8) is 0 Å². The molecule has 0 saturated heterocycles. The van der Waals surface area contributed by atoms with Gasteiger partial charge in [-0.3, -0.25) is 14.4 Å². The van der Waals surface area contributed by atoms with Gasteiger partial charge in [0.2, 0.25) is 11.8 Å². The molecule has 0 saturated carbocycles. The van der Waals surface area contributed by atoms with Crippen LogP contribution in [-0.4, -0.2) is 48.7 Å². The second-order valence-electron chi connectivity index (χ2n) is 5.31. The molecule has 3 atom stereocenters. The maximum atomic E-state index is 12.3. The van der Waals surface area contributed by atoms with Crippen LogP contribution in [0.2, 0.25) is 1.41 Å². The molecule has 0 aliphatic rings. The predicted octanol–water partition coefficient (Wildman–Crippen LogP) is -0.203. The van der Waals surface area contributed by atoms with Crippen molar-refractivity contribution in [3.05, 3.63) is 35.9 Å². The van der Waals surface area contributed by atoms with Crippen LogP contribution in [0.5, 0.6) is 0 Å². The number of hydrogen-bond donors (Lipinski definition) is 4. The highest BCUT2D eigenvalue weighted by molar-refractivity contribution is 5.91. The van der Waals surface area contributed by atoms with E-state index in [9.17, 15) is 14.4 Å². The maximum absolute atomic E-state index is 12.3. The number of amides is 2. The molecule has 8 heteroatoms. The first-order valence-corrected chi connectivity index (χ1v) is 7.42. The largest absolute Gasteiger partial charge is 0.481 e. The van der Waals surface area contributed by atoms with Gasteiger partial charge in [0.15, 0.2) is 0 Å². The summed E-state index contributed by atoms with van der Waals surface area (Å²) in [5.74, 6) is -2.40. The Kier molecular flexibility index (Phi) is 7.19. The van der Waals surface area contributed by atoms with Gasteiger partial charge < -0.3 is 26.2 Å². The molecule has 0 heterocycles. The van der Waals surface area contributed by atoms with Crippen LogP contribution in [0.1, 0.15) is 24.9 Å². The predicted molar refractivity (Wildman–Crippen MR) is 87.0 cm³/mol. The highest BCUT2D eigenvalue weighted by atomic mass is 16.5. The Hall–Kier alpha value is -2.45. The van der Waals surface area contributed by atoms with E-state index >= 15 is 0 Å². The molecular formula is C16H23N3O5. The molecule has 5 N–H and O–H groups in total. The molecule has 0 bridgehead atoms. The number of carboxylic acids is 1. The molecule has 1 rings (SSSR count). The van der Waals surface area contributed by atoms with Gasteiger partial charge in [0, 0.05) is 7.11 Å². The van der Waals surface area contributed by atoms with Crippen LogP contribution < -0.4 is 16.4 Å². The summed E-state index contributed by atoms with van der Waals surface area (Å²) in [6.07, 6.45) is -0.556. The fourth-order valence-electron chi connectivity index (χ4n) is 2.02. The molecule has 0 aromatic heterocycles. The van der Waals surface area contributed by atoms with E-state index in [2.05, 4.69) is 10.6 Å². The van der Waals surface area contributed by atoms with Crippen LogP contribution in [0.3, 0.4) is 0 Å². The Balaban J connectivity index is 2.67. The molecule has 1 aromatic carbocycles. The van der Waals surface area contributed by atoms with Gasteiger partial charge in [0.1, 0.15) is 7.45 Å². The molecule has 0 fully saturated rings. The van der Waals surface area contributed by atoms with Crippen molar-refractivity contribution in [1.29, 1.82) is 0 Å². The summed E-state index contributed by atoms with van der Waals surface area (Å²) < 4.78 is 12.1. The van der Waals surface area contributed by atoms with Gasteiger partial charge in [0.05, 0.1) is 25.1 Å². The zero-order valence-electron chi connectivity index (χ0n) is 14.6. The first-order valence-electron chi connectivity index (χ1n) is 7.92. The van der Waals surface area contributed by atoms with Crippen molar-refractivity contribution in [2.24, 2.45) is 5.73 Å². The monoisotopic (exact) mass is 338 g/mol. The van der Waals surface area contributed by atoms with Gasteiger partial charge in [-0.25, -0.2) is 0 Å². The number of nitrogens with two attached hydrogens (primary N) is 1. The van der Waals surface area contributed by atoms with Crippen LogP contribution in [0, 0.1) is 0 Å². The highest BCUT2D eigenvalue weighted by Crippen LogP contribution is 2.12. The van der Waals surface area contributed by atoms with Gasteiger partial charge >= 0.3 is 5.97 Å². The molecule has 2 amide bonds. The van der Waals surface area contributed by atoms with Gasteiger partial charge in [-0.2, -0.15) is 0 Å². The third-order valence-electron chi connectivity index (χ3n) is 3.30. The van der Waals surface area contributed by atoms with Gasteiger partial charge in [-0.05, 0) is 12.5 Å². The highest BCUT2D eigenvalue weighted by Gasteiger charge is 2.23. The number of carbonyl (C=O) groups is 3. The minimum absolute atomic E-state index is 0.256. The van der Waals surface area contributed by atoms with Crippen LogP contribution in [0.25, 0.3) is 0 Å². The van der Waals surface area contributed by atoms with Crippen LogP contribution in [0.15, 0.2) is 30.3 Å². The number of carboxylic acid groups (broad SMARTS) is 1. The van der Waals surface area contributed by atoms with E-state index in [4.69, 9.17) is 11.3 Å². The number of ether oxygens (including phenoxy) is 1. The van der Waals surface area contributed by atoms with E-state index < -0.39 is 36.3 Å². The lowest BCUT2D eigenvalue weighted by Crippen LogP contribution is -2.51. The van der Waals surface area contributed by atoms with Crippen LogP contribution >= 0.6 is 0 Å². The number of methoxy groups -OCH3 is 1. The van der Waals surface area contributed by atoms with E-state index in [1.54, 1.807) is 0 Å². The van der Waals surface area contributed by atoms with Crippen LogP contribution in [0.4, 0.5) is 0 Å². The molecule has 0 aliphatic carbocycles. The van der Waals surface area contributed by atoms with Crippen LogP contribution in [-0.2, 0) is 19.1 Å². The molecule has 0 unspecified atom stereocenters. The third-order valence-corrected chi connectivity index (χ3v) is 3.30. The summed E-state index contributed by atoms with van der Waals surface area (Å²) >= 11 is 0. The fraction of sp³-hybridized carbons (Fsp3) is 0.438. The zero-order chi connectivity index (χ0) is 18.8. The van der Waals surface area contributed by atoms with E-state index in [0.717, 1.165) is 5.56 Å². The molecular weight excluding hydrogens is 314 g/mol. The number of rotatable bonds is 10. The van der Waals surface area contributed by atoms with E-state index in [1.807, 2.05) is 36.1 Å². The molecule has 0 spiro atoms. The van der Waals surface area contributed by atoms with Crippen molar-refractivity contribution < 1.29 is 25.6 Å². The van der Waals surface area contributed by atoms with Crippen molar-refractivity contribution >= 4 is 17.8 Å². The average molecular weight is 338 g/mol. The molecule has 0 aliphatic heterocycles. The first kappa shape index (κ1) is 17.9. The van der Waals surface area contributed by atoms with Crippen molar-refractivity contribution in [2.75, 3.05) is 13.7 Å². The minimum atomic E-state index is -1.24. The van der Waals surface area contributed by atoms with E-state index in [-0.39, 0.29) is 12.6 Å². The lowest BCUT2D eigenvalue weighted by Gasteiger charge is -2.22. The molecule has 0 radical (unpaired) electrons. The maximum Gasteiger partial charge on any atom is 0.305 e. The fourth-order valence-corrected chi connectivity index (χ4v) is 2.02. The Morgan fingerprint density at radius 2 is 1.92 bits per heavy atom. The second kappa shape index (κ2) is 9.64. The zero-order valence-corrected chi connectivity index (χ0v) is 13.6. The standard InChI is InChI=1S/C16H23N3O5/c1-10(18-16(23)12(17)8-14(20)21)15(22)19-13(9-24-2)11-6-4-3-5-7-11/h3-7,10,12-13H,8-9,17H2,1-2H3,(H,18,23)(H,19,22)(H,20,21)/t10-,12-,13-/m0/s1/i/hD. The second-order valence-corrected chi connectivity index (χ2v) is 5.31.